The largest absolute Gasteiger partial charge is 0.375 e. The van der Waals surface area contributed by atoms with E-state index in [-0.39, 0.29) is 18.1 Å². The number of anilines is 3. The number of amides is 1. The maximum Gasteiger partial charge on any atom is 0.255 e. The van der Waals surface area contributed by atoms with Crippen molar-refractivity contribution in [3.05, 3.63) is 41.9 Å². The average molecular weight is 502 g/mol. The summed E-state index contributed by atoms with van der Waals surface area (Å²) in [6.45, 7) is 8.05. The van der Waals surface area contributed by atoms with E-state index in [1.54, 1.807) is 11.0 Å². The van der Waals surface area contributed by atoms with Crippen LogP contribution in [-0.2, 0) is 9.53 Å². The molecule has 6 rings (SSSR count). The van der Waals surface area contributed by atoms with Crippen molar-refractivity contribution in [1.82, 2.24) is 40.4 Å². The monoisotopic (exact) mass is 501 g/mol. The number of hydrogen-bond acceptors (Lipinski definition) is 10. The molecule has 13 nitrogen and oxygen atoms in total. The molecule has 0 saturated carbocycles. The number of nitrogens with one attached hydrogen (secondary N) is 2. The van der Waals surface area contributed by atoms with Crippen molar-refractivity contribution in [1.29, 1.82) is 0 Å². The molecule has 5 heterocycles. The Balaban J connectivity index is 1.29. The molecule has 2 atom stereocenters. The summed E-state index contributed by atoms with van der Waals surface area (Å²) in [7, 11) is 1.84. The van der Waals surface area contributed by atoms with Crippen LogP contribution in [0.15, 0.2) is 41.9 Å². The number of benzene rings is 1. The molecule has 0 unspecified atom stereocenters. The topological polar surface area (TPSA) is 143 Å². The zero-order valence-electron chi connectivity index (χ0n) is 21.0. The van der Waals surface area contributed by atoms with E-state index in [0.717, 1.165) is 35.5 Å². The van der Waals surface area contributed by atoms with E-state index in [4.69, 9.17) is 4.74 Å². The van der Waals surface area contributed by atoms with E-state index in [2.05, 4.69) is 52.8 Å². The van der Waals surface area contributed by atoms with Crippen molar-refractivity contribution >= 4 is 34.3 Å². The number of allylic oxidation sites excluding steroid dienone is 1. The number of carbonyl (C=O) groups is 1. The normalized spacial score (nSPS) is 19.9. The highest BCUT2D eigenvalue weighted by Gasteiger charge is 2.32. The van der Waals surface area contributed by atoms with Gasteiger partial charge < -0.3 is 19.9 Å². The van der Waals surface area contributed by atoms with Gasteiger partial charge in [0.05, 0.1) is 35.5 Å². The van der Waals surface area contributed by atoms with E-state index in [1.165, 1.54) is 0 Å². The van der Waals surface area contributed by atoms with Crippen molar-refractivity contribution in [3.63, 3.8) is 0 Å². The SMILES string of the molecule is CC1=C(C(=O)Nc2ccc3[nH]nc(-c4cc(N5CCO[C@H](C)C5)ncn4)c3c2)[C@@H](C)n2nnnc2N1C. The van der Waals surface area contributed by atoms with E-state index in [9.17, 15) is 4.79 Å². The predicted molar refractivity (Wildman–Crippen MR) is 137 cm³/mol. The fourth-order valence-corrected chi connectivity index (χ4v) is 4.93. The number of morpholine rings is 1. The van der Waals surface area contributed by atoms with Gasteiger partial charge in [-0.25, -0.2) is 14.6 Å². The number of H-pyrrole nitrogens is 1. The Morgan fingerprint density at radius 1 is 1.22 bits per heavy atom. The van der Waals surface area contributed by atoms with Crippen LogP contribution in [-0.4, -0.2) is 79.1 Å². The summed E-state index contributed by atoms with van der Waals surface area (Å²) < 4.78 is 7.30. The lowest BCUT2D eigenvalue weighted by Crippen LogP contribution is -2.41. The van der Waals surface area contributed by atoms with Gasteiger partial charge in [-0.3, -0.25) is 9.89 Å². The number of ether oxygens (including phenoxy) is 1. The molecule has 0 radical (unpaired) electrons. The predicted octanol–water partition coefficient (Wildman–Crippen LogP) is 2.15. The van der Waals surface area contributed by atoms with Gasteiger partial charge in [-0.1, -0.05) is 5.10 Å². The molecule has 4 aromatic rings. The van der Waals surface area contributed by atoms with Crippen LogP contribution in [0.5, 0.6) is 0 Å². The van der Waals surface area contributed by atoms with Gasteiger partial charge in [0.15, 0.2) is 0 Å². The highest BCUT2D eigenvalue weighted by atomic mass is 16.5. The number of rotatable bonds is 4. The number of tetrazole rings is 1. The van der Waals surface area contributed by atoms with Crippen molar-refractivity contribution in [2.75, 3.05) is 41.9 Å². The zero-order chi connectivity index (χ0) is 25.7. The lowest BCUT2D eigenvalue weighted by Gasteiger charge is -2.32. The quantitative estimate of drug-likeness (QED) is 0.427. The Kier molecular flexibility index (Phi) is 5.56. The van der Waals surface area contributed by atoms with Gasteiger partial charge in [-0.2, -0.15) is 5.10 Å². The lowest BCUT2D eigenvalue weighted by atomic mass is 10.0. The number of nitrogens with zero attached hydrogens (tertiary/aromatic N) is 9. The van der Waals surface area contributed by atoms with Gasteiger partial charge in [0.2, 0.25) is 5.95 Å². The molecule has 2 aliphatic heterocycles. The molecular weight excluding hydrogens is 474 g/mol. The molecule has 1 fully saturated rings. The van der Waals surface area contributed by atoms with Crippen LogP contribution in [0.2, 0.25) is 0 Å². The van der Waals surface area contributed by atoms with Crippen LogP contribution >= 0.6 is 0 Å². The molecular formula is C24H27N11O2. The van der Waals surface area contributed by atoms with E-state index < -0.39 is 0 Å². The summed E-state index contributed by atoms with van der Waals surface area (Å²) >= 11 is 0. The van der Waals surface area contributed by atoms with Gasteiger partial charge >= 0.3 is 0 Å². The van der Waals surface area contributed by atoms with E-state index >= 15 is 0 Å². The third-order valence-corrected chi connectivity index (χ3v) is 6.98. The number of hydrogen-bond donors (Lipinski definition) is 2. The Bertz CT molecular complexity index is 1520. The number of aromatic nitrogens is 8. The first kappa shape index (κ1) is 23.0. The molecule has 2 N–H and O–H groups in total. The second-order valence-corrected chi connectivity index (χ2v) is 9.33. The molecule has 1 saturated heterocycles. The fourth-order valence-electron chi connectivity index (χ4n) is 4.93. The molecule has 190 valence electrons. The van der Waals surface area contributed by atoms with Gasteiger partial charge in [0, 0.05) is 43.0 Å². The van der Waals surface area contributed by atoms with Crippen LogP contribution in [0.1, 0.15) is 26.8 Å². The molecule has 1 amide bonds. The minimum atomic E-state index is -0.309. The number of carbonyl (C=O) groups excluding carboxylic acids is 1. The summed E-state index contributed by atoms with van der Waals surface area (Å²) in [6, 6.07) is 7.27. The molecule has 0 bridgehead atoms. The minimum absolute atomic E-state index is 0.141. The van der Waals surface area contributed by atoms with Crippen molar-refractivity contribution < 1.29 is 9.53 Å². The van der Waals surface area contributed by atoms with Crippen LogP contribution in [0, 0.1) is 0 Å². The van der Waals surface area contributed by atoms with Crippen LogP contribution < -0.4 is 15.1 Å². The smallest absolute Gasteiger partial charge is 0.255 e. The maximum absolute atomic E-state index is 13.4. The molecule has 2 aliphatic rings. The highest BCUT2D eigenvalue weighted by Crippen LogP contribution is 2.33. The van der Waals surface area contributed by atoms with Crippen molar-refractivity contribution in [3.8, 4) is 11.4 Å². The Hall–Kier alpha value is -4.39. The van der Waals surface area contributed by atoms with Crippen molar-refractivity contribution in [2.45, 2.75) is 32.9 Å². The lowest BCUT2D eigenvalue weighted by molar-refractivity contribution is -0.113. The Morgan fingerprint density at radius 3 is 2.92 bits per heavy atom. The first-order chi connectivity index (χ1) is 17.9. The average Bonchev–Trinajstić information content (AvgIpc) is 3.55. The molecule has 37 heavy (non-hydrogen) atoms. The maximum atomic E-state index is 13.4. The second-order valence-electron chi connectivity index (χ2n) is 9.33. The van der Waals surface area contributed by atoms with Gasteiger partial charge in [-0.05, 0) is 49.4 Å². The molecule has 1 aromatic carbocycles. The van der Waals surface area contributed by atoms with Crippen LogP contribution in [0.25, 0.3) is 22.3 Å². The zero-order valence-corrected chi connectivity index (χ0v) is 21.0. The number of aromatic amines is 1. The summed E-state index contributed by atoms with van der Waals surface area (Å²) in [5, 5.41) is 23.3. The molecule has 0 aliphatic carbocycles. The summed E-state index contributed by atoms with van der Waals surface area (Å²) in [5.74, 6) is 1.22. The molecule has 0 spiro atoms. The van der Waals surface area contributed by atoms with Gasteiger partial charge in [-0.15, -0.1) is 0 Å². The summed E-state index contributed by atoms with van der Waals surface area (Å²) in [5.41, 5.74) is 4.27. The van der Waals surface area contributed by atoms with Crippen molar-refractivity contribution in [2.24, 2.45) is 0 Å². The van der Waals surface area contributed by atoms with Crippen LogP contribution in [0.4, 0.5) is 17.5 Å². The Labute approximate surface area is 212 Å². The minimum Gasteiger partial charge on any atom is -0.375 e. The van der Waals surface area contributed by atoms with Crippen LogP contribution in [0.3, 0.4) is 0 Å². The highest BCUT2D eigenvalue weighted by molar-refractivity contribution is 6.07. The first-order valence-corrected chi connectivity index (χ1v) is 12.1. The van der Waals surface area contributed by atoms with Gasteiger partial charge in [0.25, 0.3) is 5.91 Å². The third kappa shape index (κ3) is 3.96. The standard InChI is InChI=1S/C24H27N11O2/c1-13-11-34(7-8-37-13)20-10-19(25-12-26-20)22-17-9-16(5-6-18(17)28-29-22)27-23(36)21-14(2)33(4)24-30-31-32-35(24)15(21)3/h5-6,9-10,12-13,15H,7-8,11H2,1-4H3,(H,27,36)(H,28,29)/t13-,15-/m1/s1. The number of fused-ring (bicyclic) bond motifs is 2. The van der Waals surface area contributed by atoms with E-state index in [1.807, 2.05) is 50.1 Å². The second kappa shape index (κ2) is 8.92. The third-order valence-electron chi connectivity index (χ3n) is 6.98. The first-order valence-electron chi connectivity index (χ1n) is 12.1. The fraction of sp³-hybridized carbons (Fsp3) is 0.375. The Morgan fingerprint density at radius 2 is 2.08 bits per heavy atom. The van der Waals surface area contributed by atoms with E-state index in [0.29, 0.717) is 35.2 Å². The van der Waals surface area contributed by atoms with Gasteiger partial charge in [0.1, 0.15) is 17.8 Å². The summed E-state index contributed by atoms with van der Waals surface area (Å²) in [6.07, 6.45) is 1.70. The molecule has 3 aromatic heterocycles. The molecule has 13 heteroatoms. The summed E-state index contributed by atoms with van der Waals surface area (Å²) in [4.78, 5) is 26.4.